The molecule has 5 rings (SSSR count). The molecular weight excluding hydrogens is 398 g/mol. The molecule has 0 amide bonds. The van der Waals surface area contributed by atoms with Gasteiger partial charge in [0.15, 0.2) is 11.2 Å². The third-order valence-corrected chi connectivity index (χ3v) is 5.15. The zero-order chi connectivity index (χ0) is 20.3. The number of rotatable bonds is 3. The topological polar surface area (TPSA) is 117 Å². The molecule has 0 aliphatic carbocycles. The predicted octanol–water partition coefficient (Wildman–Crippen LogP) is 1.67. The Kier molecular flexibility index (Phi) is 3.71. The molecular formula is C18H14ClN7O3. The molecule has 0 bridgehead atoms. The van der Waals surface area contributed by atoms with Crippen LogP contribution in [-0.4, -0.2) is 33.9 Å². The van der Waals surface area contributed by atoms with Crippen LogP contribution >= 0.6 is 11.6 Å². The smallest absolute Gasteiger partial charge is 0.332 e. The van der Waals surface area contributed by atoms with Gasteiger partial charge in [-0.3, -0.25) is 18.5 Å². The molecule has 0 fully saturated rings. The number of nitrogens with zero attached hydrogens (tertiary/aromatic N) is 6. The minimum absolute atomic E-state index is 0.0422. The van der Waals surface area contributed by atoms with Gasteiger partial charge in [-0.05, 0) is 35.2 Å². The van der Waals surface area contributed by atoms with E-state index in [1.54, 1.807) is 0 Å². The zero-order valence-corrected chi connectivity index (χ0v) is 16.1. The SMILES string of the molecule is Cn1c(=O)c2c(nc(Cl)n2Cc2nnc(-c3ccc4cc[nH]c4c3)o2)n(C)c1=O. The summed E-state index contributed by atoms with van der Waals surface area (Å²) >= 11 is 6.24. The summed E-state index contributed by atoms with van der Waals surface area (Å²) in [6, 6.07) is 7.73. The Bertz CT molecular complexity index is 1520. The number of benzene rings is 1. The normalized spacial score (nSPS) is 11.7. The van der Waals surface area contributed by atoms with Crippen LogP contribution in [0.15, 0.2) is 44.5 Å². The first-order valence-corrected chi connectivity index (χ1v) is 9.03. The van der Waals surface area contributed by atoms with E-state index in [2.05, 4.69) is 20.2 Å². The summed E-state index contributed by atoms with van der Waals surface area (Å²) in [5.41, 5.74) is 1.11. The molecule has 0 spiro atoms. The molecule has 0 saturated heterocycles. The number of nitrogens with one attached hydrogen (secondary N) is 1. The third kappa shape index (κ3) is 2.60. The number of aromatic nitrogens is 7. The highest BCUT2D eigenvalue weighted by Gasteiger charge is 2.20. The van der Waals surface area contributed by atoms with Crippen LogP contribution in [0.5, 0.6) is 0 Å². The molecule has 0 saturated carbocycles. The molecule has 29 heavy (non-hydrogen) atoms. The molecule has 0 aliphatic rings. The summed E-state index contributed by atoms with van der Waals surface area (Å²) in [6.07, 6.45) is 1.85. The Balaban J connectivity index is 1.58. The van der Waals surface area contributed by atoms with Gasteiger partial charge in [-0.25, -0.2) is 4.79 Å². The van der Waals surface area contributed by atoms with Crippen molar-refractivity contribution in [3.63, 3.8) is 0 Å². The lowest BCUT2D eigenvalue weighted by Gasteiger charge is -2.05. The molecule has 0 atom stereocenters. The Morgan fingerprint density at radius 2 is 1.97 bits per heavy atom. The van der Waals surface area contributed by atoms with E-state index in [0.29, 0.717) is 5.89 Å². The molecule has 10 nitrogen and oxygen atoms in total. The van der Waals surface area contributed by atoms with Crippen molar-refractivity contribution in [1.29, 1.82) is 0 Å². The van der Waals surface area contributed by atoms with Crippen LogP contribution in [-0.2, 0) is 20.6 Å². The van der Waals surface area contributed by atoms with Crippen LogP contribution in [0.2, 0.25) is 5.28 Å². The maximum atomic E-state index is 12.6. The van der Waals surface area contributed by atoms with Crippen LogP contribution in [0, 0.1) is 0 Å². The summed E-state index contributed by atoms with van der Waals surface area (Å²) in [4.78, 5) is 32.0. The van der Waals surface area contributed by atoms with Gasteiger partial charge in [0, 0.05) is 31.4 Å². The minimum atomic E-state index is -0.501. The Labute approximate surface area is 167 Å². The first kappa shape index (κ1) is 17.4. The van der Waals surface area contributed by atoms with Crippen molar-refractivity contribution in [2.24, 2.45) is 14.1 Å². The number of H-pyrrole nitrogens is 1. The van der Waals surface area contributed by atoms with Crippen LogP contribution < -0.4 is 11.2 Å². The van der Waals surface area contributed by atoms with Crippen molar-refractivity contribution in [3.05, 3.63) is 62.5 Å². The largest absolute Gasteiger partial charge is 0.419 e. The van der Waals surface area contributed by atoms with Gasteiger partial charge >= 0.3 is 5.69 Å². The van der Waals surface area contributed by atoms with Gasteiger partial charge in [0.25, 0.3) is 5.56 Å². The van der Waals surface area contributed by atoms with E-state index < -0.39 is 11.2 Å². The fraction of sp³-hybridized carbons (Fsp3) is 0.167. The molecule has 4 heterocycles. The monoisotopic (exact) mass is 411 g/mol. The lowest BCUT2D eigenvalue weighted by atomic mass is 10.2. The van der Waals surface area contributed by atoms with Crippen LogP contribution in [0.3, 0.4) is 0 Å². The second-order valence-electron chi connectivity index (χ2n) is 6.63. The second-order valence-corrected chi connectivity index (χ2v) is 6.96. The van der Waals surface area contributed by atoms with E-state index in [9.17, 15) is 9.59 Å². The van der Waals surface area contributed by atoms with Gasteiger partial charge in [0.05, 0.1) is 0 Å². The highest BCUT2D eigenvalue weighted by Crippen LogP contribution is 2.24. The number of imidazole rings is 1. The van der Waals surface area contributed by atoms with Crippen molar-refractivity contribution in [2.75, 3.05) is 0 Å². The highest BCUT2D eigenvalue weighted by atomic mass is 35.5. The van der Waals surface area contributed by atoms with E-state index in [0.717, 1.165) is 21.0 Å². The fourth-order valence-electron chi connectivity index (χ4n) is 3.31. The number of hydrogen-bond donors (Lipinski definition) is 1. The van der Waals surface area contributed by atoms with Gasteiger partial charge in [-0.2, -0.15) is 4.98 Å². The highest BCUT2D eigenvalue weighted by molar-refractivity contribution is 6.29. The maximum Gasteiger partial charge on any atom is 0.332 e. The molecule has 0 unspecified atom stereocenters. The summed E-state index contributed by atoms with van der Waals surface area (Å²) in [6.45, 7) is 0.0422. The van der Waals surface area contributed by atoms with Crippen LogP contribution in [0.4, 0.5) is 0 Å². The molecule has 0 radical (unpaired) electrons. The van der Waals surface area contributed by atoms with E-state index in [4.69, 9.17) is 16.0 Å². The molecule has 0 aliphatic heterocycles. The number of aryl methyl sites for hydroxylation is 1. The number of halogens is 1. The van der Waals surface area contributed by atoms with Gasteiger partial charge in [0.2, 0.25) is 17.1 Å². The average molecular weight is 412 g/mol. The van der Waals surface area contributed by atoms with Crippen LogP contribution in [0.25, 0.3) is 33.5 Å². The maximum absolute atomic E-state index is 12.6. The Hall–Kier alpha value is -3.66. The first-order chi connectivity index (χ1) is 13.9. The number of hydrogen-bond acceptors (Lipinski definition) is 6. The predicted molar refractivity (Wildman–Crippen MR) is 106 cm³/mol. The third-order valence-electron chi connectivity index (χ3n) is 4.86. The molecule has 4 aromatic heterocycles. The van der Waals surface area contributed by atoms with Crippen molar-refractivity contribution in [2.45, 2.75) is 6.54 Å². The van der Waals surface area contributed by atoms with Gasteiger partial charge in [0.1, 0.15) is 6.54 Å². The van der Waals surface area contributed by atoms with E-state index in [1.165, 1.54) is 23.2 Å². The second kappa shape index (κ2) is 6.17. The summed E-state index contributed by atoms with van der Waals surface area (Å²) in [5.74, 6) is 0.598. The lowest BCUT2D eigenvalue weighted by Crippen LogP contribution is -2.37. The Morgan fingerprint density at radius 1 is 1.14 bits per heavy atom. The molecule has 5 aromatic rings. The quantitative estimate of drug-likeness (QED) is 0.451. The summed E-state index contributed by atoms with van der Waals surface area (Å²) in [7, 11) is 2.93. The van der Waals surface area contributed by atoms with Crippen molar-refractivity contribution >= 4 is 33.7 Å². The summed E-state index contributed by atoms with van der Waals surface area (Å²) < 4.78 is 9.49. The van der Waals surface area contributed by atoms with Crippen molar-refractivity contribution in [3.8, 4) is 11.5 Å². The summed E-state index contributed by atoms with van der Waals surface area (Å²) in [5, 5.41) is 9.28. The lowest BCUT2D eigenvalue weighted by molar-refractivity contribution is 0.491. The number of fused-ring (bicyclic) bond motifs is 2. The fourth-order valence-corrected chi connectivity index (χ4v) is 3.54. The molecule has 146 valence electrons. The van der Waals surface area contributed by atoms with E-state index in [1.807, 2.05) is 30.5 Å². The van der Waals surface area contributed by atoms with Gasteiger partial charge in [-0.1, -0.05) is 6.07 Å². The standard InChI is InChI=1S/C18H14ClN7O3/c1-24-14-13(16(27)25(2)18(24)28)26(17(19)21-14)8-12-22-23-15(29-12)10-4-3-9-5-6-20-11(9)7-10/h3-7,20H,8H2,1-2H3. The molecule has 1 N–H and O–H groups in total. The minimum Gasteiger partial charge on any atom is -0.419 e. The number of aromatic amines is 1. The van der Waals surface area contributed by atoms with Gasteiger partial charge in [-0.15, -0.1) is 10.2 Å². The zero-order valence-electron chi connectivity index (χ0n) is 15.4. The van der Waals surface area contributed by atoms with E-state index >= 15 is 0 Å². The van der Waals surface area contributed by atoms with Crippen LogP contribution in [0.1, 0.15) is 5.89 Å². The Morgan fingerprint density at radius 3 is 2.79 bits per heavy atom. The average Bonchev–Trinajstić information content (AvgIpc) is 3.44. The van der Waals surface area contributed by atoms with Crippen molar-refractivity contribution < 1.29 is 4.42 Å². The van der Waals surface area contributed by atoms with E-state index in [-0.39, 0.29) is 28.9 Å². The molecule has 11 heteroatoms. The first-order valence-electron chi connectivity index (χ1n) is 8.65. The molecule has 1 aromatic carbocycles. The van der Waals surface area contributed by atoms with Gasteiger partial charge < -0.3 is 9.40 Å². The van der Waals surface area contributed by atoms with Crippen molar-refractivity contribution in [1.82, 2.24) is 33.9 Å².